The predicted octanol–water partition coefficient (Wildman–Crippen LogP) is 4.09. The van der Waals surface area contributed by atoms with Crippen LogP contribution in [0.2, 0.25) is 5.02 Å². The first-order chi connectivity index (χ1) is 12.4. The fraction of sp³-hybridized carbons (Fsp3) is 0.286. The minimum atomic E-state index is -0.160. The number of carbonyl (C=O) groups is 1. The van der Waals surface area contributed by atoms with Gasteiger partial charge >= 0.3 is 0 Å². The van der Waals surface area contributed by atoms with E-state index in [4.69, 9.17) is 16.3 Å². The van der Waals surface area contributed by atoms with Crippen molar-refractivity contribution in [2.24, 2.45) is 0 Å². The molecule has 0 fully saturated rings. The summed E-state index contributed by atoms with van der Waals surface area (Å²) in [5.41, 5.74) is 2.97. The Morgan fingerprint density at radius 1 is 1.27 bits per heavy atom. The normalized spacial score (nSPS) is 12.4. The Hall–Kier alpha value is -2.30. The van der Waals surface area contributed by atoms with Gasteiger partial charge in [0.05, 0.1) is 13.2 Å². The number of ether oxygens (including phenoxy) is 1. The lowest BCUT2D eigenvalue weighted by Gasteiger charge is -2.25. The van der Waals surface area contributed by atoms with Crippen molar-refractivity contribution in [3.8, 4) is 5.75 Å². The molecule has 4 nitrogen and oxygen atoms in total. The second kappa shape index (κ2) is 9.41. The quantitative estimate of drug-likeness (QED) is 0.744. The third kappa shape index (κ3) is 5.35. The molecule has 0 bridgehead atoms. The van der Waals surface area contributed by atoms with Crippen LogP contribution in [0.5, 0.6) is 5.75 Å². The SMILES string of the molecule is COc1ccc(C)cc1/C=C\C(=O)NC[C@@H](c1ccccc1Cl)N(C)C. The summed E-state index contributed by atoms with van der Waals surface area (Å²) < 4.78 is 5.33. The number of rotatable bonds is 7. The van der Waals surface area contributed by atoms with Gasteiger partial charge < -0.3 is 15.0 Å². The molecular formula is C21H25ClN2O2. The summed E-state index contributed by atoms with van der Waals surface area (Å²) in [5.74, 6) is 0.578. The van der Waals surface area contributed by atoms with E-state index in [1.54, 1.807) is 13.2 Å². The van der Waals surface area contributed by atoms with Crippen molar-refractivity contribution >= 4 is 23.6 Å². The second-order valence-corrected chi connectivity index (χ2v) is 6.73. The van der Waals surface area contributed by atoms with Gasteiger partial charge in [0, 0.05) is 23.2 Å². The summed E-state index contributed by atoms with van der Waals surface area (Å²) >= 11 is 6.30. The Labute approximate surface area is 160 Å². The highest BCUT2D eigenvalue weighted by Crippen LogP contribution is 2.25. The van der Waals surface area contributed by atoms with Crippen LogP contribution < -0.4 is 10.1 Å². The smallest absolute Gasteiger partial charge is 0.244 e. The minimum Gasteiger partial charge on any atom is -0.496 e. The number of amides is 1. The van der Waals surface area contributed by atoms with E-state index in [0.29, 0.717) is 11.6 Å². The van der Waals surface area contributed by atoms with Gasteiger partial charge in [0.15, 0.2) is 0 Å². The molecule has 1 atom stereocenters. The number of halogens is 1. The summed E-state index contributed by atoms with van der Waals surface area (Å²) in [5, 5.41) is 3.64. The molecule has 2 aromatic rings. The molecule has 0 aliphatic carbocycles. The molecule has 2 aromatic carbocycles. The van der Waals surface area contributed by atoms with E-state index in [2.05, 4.69) is 5.32 Å². The lowest BCUT2D eigenvalue weighted by molar-refractivity contribution is -0.116. The number of nitrogens with one attached hydrogen (secondary N) is 1. The lowest BCUT2D eigenvalue weighted by atomic mass is 10.1. The second-order valence-electron chi connectivity index (χ2n) is 6.32. The van der Waals surface area contributed by atoms with E-state index in [0.717, 1.165) is 22.4 Å². The number of benzene rings is 2. The van der Waals surface area contributed by atoms with E-state index in [1.807, 2.05) is 68.4 Å². The molecule has 0 heterocycles. The lowest BCUT2D eigenvalue weighted by Crippen LogP contribution is -2.33. The molecule has 0 aliphatic heterocycles. The molecule has 1 amide bonds. The Kier molecular flexibility index (Phi) is 7.25. The molecule has 0 aliphatic rings. The number of hydrogen-bond donors (Lipinski definition) is 1. The summed E-state index contributed by atoms with van der Waals surface area (Å²) in [6.07, 6.45) is 3.29. The molecule has 1 N–H and O–H groups in total. The largest absolute Gasteiger partial charge is 0.496 e. The van der Waals surface area contributed by atoms with Crippen LogP contribution in [0.15, 0.2) is 48.5 Å². The molecule has 0 unspecified atom stereocenters. The molecule has 0 saturated carbocycles. The highest BCUT2D eigenvalue weighted by Gasteiger charge is 2.17. The molecule has 0 spiro atoms. The van der Waals surface area contributed by atoms with Crippen LogP contribution in [0.3, 0.4) is 0 Å². The van der Waals surface area contributed by atoms with Crippen LogP contribution >= 0.6 is 11.6 Å². The maximum absolute atomic E-state index is 12.3. The van der Waals surface area contributed by atoms with Crippen LogP contribution in [-0.2, 0) is 4.79 Å². The van der Waals surface area contributed by atoms with Crippen molar-refractivity contribution in [3.63, 3.8) is 0 Å². The van der Waals surface area contributed by atoms with Crippen LogP contribution in [0.4, 0.5) is 0 Å². The van der Waals surface area contributed by atoms with Crippen LogP contribution in [0.25, 0.3) is 6.08 Å². The zero-order valence-corrected chi connectivity index (χ0v) is 16.4. The molecule has 5 heteroatoms. The first-order valence-corrected chi connectivity index (χ1v) is 8.81. The first kappa shape index (κ1) is 20.0. The van der Waals surface area contributed by atoms with Gasteiger partial charge in [-0.25, -0.2) is 0 Å². The molecule has 26 heavy (non-hydrogen) atoms. The van der Waals surface area contributed by atoms with Gasteiger partial charge in [-0.3, -0.25) is 4.79 Å². The van der Waals surface area contributed by atoms with Gasteiger partial charge in [0.25, 0.3) is 0 Å². The van der Waals surface area contributed by atoms with Crippen molar-refractivity contribution in [2.45, 2.75) is 13.0 Å². The monoisotopic (exact) mass is 372 g/mol. The highest BCUT2D eigenvalue weighted by molar-refractivity contribution is 6.31. The average Bonchev–Trinajstić information content (AvgIpc) is 2.61. The summed E-state index contributed by atoms with van der Waals surface area (Å²) in [4.78, 5) is 14.3. The Balaban J connectivity index is 2.05. The van der Waals surface area contributed by atoms with Crippen molar-refractivity contribution in [1.82, 2.24) is 10.2 Å². The zero-order valence-electron chi connectivity index (χ0n) is 15.6. The summed E-state index contributed by atoms with van der Waals surface area (Å²) in [6.45, 7) is 2.47. The van der Waals surface area contributed by atoms with Crippen LogP contribution in [0.1, 0.15) is 22.7 Å². The third-order valence-electron chi connectivity index (χ3n) is 4.16. The van der Waals surface area contributed by atoms with Crippen molar-refractivity contribution in [1.29, 1.82) is 0 Å². The van der Waals surface area contributed by atoms with Gasteiger partial charge in [-0.15, -0.1) is 0 Å². The van der Waals surface area contributed by atoms with Crippen molar-refractivity contribution in [2.75, 3.05) is 27.7 Å². The van der Waals surface area contributed by atoms with Crippen LogP contribution in [-0.4, -0.2) is 38.6 Å². The number of aryl methyl sites for hydroxylation is 1. The van der Waals surface area contributed by atoms with Crippen LogP contribution in [0, 0.1) is 6.92 Å². The number of carbonyl (C=O) groups excluding carboxylic acids is 1. The van der Waals surface area contributed by atoms with Gasteiger partial charge in [-0.05, 0) is 50.9 Å². The van der Waals surface area contributed by atoms with Gasteiger partial charge in [0.2, 0.25) is 5.91 Å². The summed E-state index contributed by atoms with van der Waals surface area (Å²) in [7, 11) is 5.55. The Morgan fingerprint density at radius 3 is 2.65 bits per heavy atom. The number of likely N-dealkylation sites (N-methyl/N-ethyl adjacent to an activating group) is 1. The Bertz CT molecular complexity index is 787. The first-order valence-electron chi connectivity index (χ1n) is 8.43. The predicted molar refractivity (Wildman–Crippen MR) is 108 cm³/mol. The Morgan fingerprint density at radius 2 is 2.00 bits per heavy atom. The molecule has 138 valence electrons. The molecule has 0 aromatic heterocycles. The van der Waals surface area contributed by atoms with Gasteiger partial charge in [0.1, 0.15) is 5.75 Å². The van der Waals surface area contributed by atoms with E-state index in [-0.39, 0.29) is 11.9 Å². The van der Waals surface area contributed by atoms with E-state index in [1.165, 1.54) is 6.08 Å². The number of hydrogen-bond acceptors (Lipinski definition) is 3. The maximum atomic E-state index is 12.3. The zero-order chi connectivity index (χ0) is 19.1. The van der Waals surface area contributed by atoms with Crippen molar-refractivity contribution < 1.29 is 9.53 Å². The van der Waals surface area contributed by atoms with E-state index >= 15 is 0 Å². The van der Waals surface area contributed by atoms with Gasteiger partial charge in [-0.2, -0.15) is 0 Å². The molecule has 0 radical (unpaired) electrons. The van der Waals surface area contributed by atoms with Gasteiger partial charge in [-0.1, -0.05) is 41.4 Å². The standard InChI is InChI=1S/C21H25ClN2O2/c1-15-9-11-20(26-4)16(13-15)10-12-21(25)23-14-19(24(2)3)17-7-5-6-8-18(17)22/h5-13,19H,14H2,1-4H3,(H,23,25)/b12-10-/t19-/m0/s1. The average molecular weight is 373 g/mol. The fourth-order valence-electron chi connectivity index (χ4n) is 2.72. The van der Waals surface area contributed by atoms with Crippen molar-refractivity contribution in [3.05, 3.63) is 70.3 Å². The topological polar surface area (TPSA) is 41.6 Å². The molecular weight excluding hydrogens is 348 g/mol. The summed E-state index contributed by atoms with van der Waals surface area (Å²) in [6, 6.07) is 13.5. The molecule has 2 rings (SSSR count). The molecule has 0 saturated heterocycles. The fourth-order valence-corrected chi connectivity index (χ4v) is 2.98. The highest BCUT2D eigenvalue weighted by atomic mass is 35.5. The number of methoxy groups -OCH3 is 1. The third-order valence-corrected chi connectivity index (χ3v) is 4.50. The minimum absolute atomic E-state index is 0.00504. The van der Waals surface area contributed by atoms with E-state index in [9.17, 15) is 4.79 Å². The van der Waals surface area contributed by atoms with E-state index < -0.39 is 0 Å². The maximum Gasteiger partial charge on any atom is 0.244 e. The number of nitrogens with zero attached hydrogens (tertiary/aromatic N) is 1.